The Morgan fingerprint density at radius 1 is 1.27 bits per heavy atom. The summed E-state index contributed by atoms with van der Waals surface area (Å²) in [6, 6.07) is -0.540. The molecule has 2 N–H and O–H groups in total. The molecule has 3 rings (SSSR count). The fourth-order valence-corrected chi connectivity index (χ4v) is 5.56. The van der Waals surface area contributed by atoms with E-state index in [1.165, 1.54) is 11.0 Å². The first-order chi connectivity index (χ1) is 14.5. The first-order valence-electron chi connectivity index (χ1n) is 9.14. The first-order valence-corrected chi connectivity index (χ1v) is 12.2. The van der Waals surface area contributed by atoms with Gasteiger partial charge in [-0.2, -0.15) is 13.8 Å². The van der Waals surface area contributed by atoms with Crippen LogP contribution in [0.25, 0.3) is 0 Å². The van der Waals surface area contributed by atoms with Gasteiger partial charge < -0.3 is 15.5 Å². The SMILES string of the molecule is CC(C)(C)c1nn(C2CC(SOO[O-])CC(S(=O)(=O)[O-])C2)c(N)c1N=Nc1ncns1.[Na+].[Na+]. The van der Waals surface area contributed by atoms with E-state index in [1.54, 1.807) is 0 Å². The molecule has 172 valence electrons. The zero-order chi connectivity index (χ0) is 22.8. The second-order valence-corrected chi connectivity index (χ2v) is 11.4. The van der Waals surface area contributed by atoms with Gasteiger partial charge in [-0.05, 0) is 19.3 Å². The van der Waals surface area contributed by atoms with E-state index in [-0.39, 0.29) is 77.8 Å². The number of rotatable bonds is 7. The van der Waals surface area contributed by atoms with Crippen LogP contribution in [0, 0.1) is 0 Å². The molecule has 0 radical (unpaired) electrons. The number of nitrogen functional groups attached to an aromatic ring is 1. The zero-order valence-electron chi connectivity index (χ0n) is 18.9. The number of hydrogen-bond donors (Lipinski definition) is 1. The van der Waals surface area contributed by atoms with Crippen molar-refractivity contribution in [2.45, 2.75) is 62.0 Å². The number of anilines is 1. The van der Waals surface area contributed by atoms with Crippen LogP contribution in [0.15, 0.2) is 16.6 Å². The van der Waals surface area contributed by atoms with Gasteiger partial charge in [0, 0.05) is 34.2 Å². The van der Waals surface area contributed by atoms with Crippen LogP contribution >= 0.6 is 23.6 Å². The summed E-state index contributed by atoms with van der Waals surface area (Å²) < 4.78 is 44.9. The number of nitrogens with zero attached hydrogens (tertiary/aromatic N) is 6. The molecule has 1 aliphatic rings. The topological polar surface area (TPSA) is 193 Å². The Hall–Kier alpha value is 0.310. The summed E-state index contributed by atoms with van der Waals surface area (Å²) in [5.41, 5.74) is 6.77. The molecule has 1 fully saturated rings. The minimum absolute atomic E-state index is 0. The predicted octanol–water partition coefficient (Wildman–Crippen LogP) is -4.08. The summed E-state index contributed by atoms with van der Waals surface area (Å²) in [6.45, 7) is 5.77. The van der Waals surface area contributed by atoms with E-state index >= 15 is 0 Å². The summed E-state index contributed by atoms with van der Waals surface area (Å²) in [5.74, 6) is 0.178. The molecule has 3 atom stereocenters. The Balaban J connectivity index is 0.00000272. The quantitative estimate of drug-likeness (QED) is 0.0901. The molecule has 2 heterocycles. The van der Waals surface area contributed by atoms with Crippen molar-refractivity contribution in [1.29, 1.82) is 0 Å². The van der Waals surface area contributed by atoms with E-state index in [4.69, 9.17) is 5.73 Å². The van der Waals surface area contributed by atoms with E-state index < -0.39 is 32.1 Å². The molecule has 0 saturated heterocycles. The minimum Gasteiger partial charge on any atom is -0.748 e. The summed E-state index contributed by atoms with van der Waals surface area (Å²) in [4.78, 5) is 3.95. The summed E-state index contributed by atoms with van der Waals surface area (Å²) in [5, 5.41) is 25.1. The Kier molecular flexibility index (Phi) is 12.4. The van der Waals surface area contributed by atoms with Crippen LogP contribution in [-0.2, 0) is 24.9 Å². The minimum atomic E-state index is -4.58. The van der Waals surface area contributed by atoms with Crippen molar-refractivity contribution in [1.82, 2.24) is 19.1 Å². The van der Waals surface area contributed by atoms with Crippen molar-refractivity contribution in [3.8, 4) is 0 Å². The third-order valence-electron chi connectivity index (χ3n) is 4.77. The maximum Gasteiger partial charge on any atom is 1.00 e. The Morgan fingerprint density at radius 2 is 1.97 bits per heavy atom. The molecule has 1 saturated carbocycles. The number of azo groups is 1. The van der Waals surface area contributed by atoms with Crippen LogP contribution in [-0.4, -0.2) is 42.6 Å². The van der Waals surface area contributed by atoms with Crippen LogP contribution in [0.1, 0.15) is 51.8 Å². The average Bonchev–Trinajstić information content (AvgIpc) is 3.31. The van der Waals surface area contributed by atoms with Gasteiger partial charge in [-0.25, -0.2) is 18.1 Å². The van der Waals surface area contributed by atoms with Crippen molar-refractivity contribution < 1.29 is 86.7 Å². The monoisotopic (exact) mass is 537 g/mol. The van der Waals surface area contributed by atoms with Gasteiger partial charge in [0.2, 0.25) is 5.13 Å². The maximum absolute atomic E-state index is 11.7. The Labute approximate surface area is 243 Å². The molecule has 3 unspecified atom stereocenters. The largest absolute Gasteiger partial charge is 1.00 e. The van der Waals surface area contributed by atoms with Gasteiger partial charge in [-0.15, -0.1) is 10.2 Å². The van der Waals surface area contributed by atoms with Crippen molar-refractivity contribution in [3.63, 3.8) is 0 Å². The van der Waals surface area contributed by atoms with Gasteiger partial charge in [0.05, 0.1) is 27.1 Å². The second kappa shape index (κ2) is 13.0. The van der Waals surface area contributed by atoms with Crippen LogP contribution < -0.4 is 70.1 Å². The van der Waals surface area contributed by atoms with E-state index in [9.17, 15) is 18.2 Å². The summed E-state index contributed by atoms with van der Waals surface area (Å²) in [7, 11) is -4.58. The molecule has 2 aromatic rings. The van der Waals surface area contributed by atoms with Gasteiger partial charge in [0.1, 0.15) is 12.1 Å². The van der Waals surface area contributed by atoms with Gasteiger partial charge in [0.25, 0.3) is 0 Å². The molecule has 33 heavy (non-hydrogen) atoms. The number of nitrogens with two attached hydrogens (primary N) is 1. The van der Waals surface area contributed by atoms with Gasteiger partial charge in [-0.3, -0.25) is 5.04 Å². The maximum atomic E-state index is 11.7. The normalized spacial score (nSPS) is 21.5. The fraction of sp³-hybridized carbons (Fsp3) is 0.667. The molecule has 0 aromatic carbocycles. The third kappa shape index (κ3) is 8.16. The summed E-state index contributed by atoms with van der Waals surface area (Å²) in [6.07, 6.45) is 1.74. The van der Waals surface area contributed by atoms with Crippen LogP contribution in [0.5, 0.6) is 0 Å². The number of aromatic nitrogens is 4. The van der Waals surface area contributed by atoms with Crippen LogP contribution in [0.4, 0.5) is 16.6 Å². The molecular formula is C15H21N7Na2O6S3. The van der Waals surface area contributed by atoms with E-state index in [0.717, 1.165) is 11.5 Å². The zero-order valence-corrected chi connectivity index (χ0v) is 25.3. The molecule has 0 aliphatic heterocycles. The molecular weight excluding hydrogens is 516 g/mol. The van der Waals surface area contributed by atoms with Gasteiger partial charge >= 0.3 is 59.1 Å². The third-order valence-corrected chi connectivity index (χ3v) is 7.31. The standard InChI is InChI=1S/C15H23N7O6S3.2Na/c1-15(2,3)12-11(19-20-14-17-7-18-29-14)13(16)22(21-12)8-4-9(30-28-27-23)6-10(5-8)31(24,25)26;;/h7-10,23H,4-6,16H2,1-3H3,(H,24,25,26);;/q;2*+1/p-2. The smallest absolute Gasteiger partial charge is 0.748 e. The van der Waals surface area contributed by atoms with Crippen LogP contribution in [0.2, 0.25) is 0 Å². The fourth-order valence-electron chi connectivity index (χ4n) is 3.40. The van der Waals surface area contributed by atoms with E-state index in [0.29, 0.717) is 35.0 Å². The molecule has 0 spiro atoms. The van der Waals surface area contributed by atoms with Gasteiger partial charge in [-0.1, -0.05) is 20.8 Å². The van der Waals surface area contributed by atoms with Crippen molar-refractivity contribution in [2.75, 3.05) is 5.73 Å². The molecule has 18 heteroatoms. The Morgan fingerprint density at radius 3 is 2.52 bits per heavy atom. The molecule has 0 amide bonds. The van der Waals surface area contributed by atoms with E-state index in [2.05, 4.69) is 34.1 Å². The second-order valence-electron chi connectivity index (χ2n) is 8.03. The van der Waals surface area contributed by atoms with Crippen molar-refractivity contribution in [2.24, 2.45) is 10.2 Å². The van der Waals surface area contributed by atoms with Crippen molar-refractivity contribution >= 4 is 50.3 Å². The van der Waals surface area contributed by atoms with E-state index in [1.807, 2.05) is 20.8 Å². The molecule has 2 aromatic heterocycles. The van der Waals surface area contributed by atoms with Crippen molar-refractivity contribution in [3.05, 3.63) is 12.0 Å². The molecule has 1 aliphatic carbocycles. The predicted molar refractivity (Wildman–Crippen MR) is 109 cm³/mol. The molecule has 13 nitrogen and oxygen atoms in total. The Bertz CT molecular complexity index is 1030. The first kappa shape index (κ1) is 31.3. The van der Waals surface area contributed by atoms with Crippen LogP contribution in [0.3, 0.4) is 0 Å². The van der Waals surface area contributed by atoms with Gasteiger partial charge in [0.15, 0.2) is 5.69 Å². The molecule has 0 bridgehead atoms. The summed E-state index contributed by atoms with van der Waals surface area (Å²) >= 11 is 1.73. The number of hydrogen-bond acceptors (Lipinski definition) is 14. The average molecular weight is 538 g/mol.